The molecule has 0 fully saturated rings. The topological polar surface area (TPSA) is 87.7 Å². The van der Waals surface area contributed by atoms with Crippen molar-refractivity contribution in [1.29, 1.82) is 0 Å². The quantitative estimate of drug-likeness (QED) is 0.588. The Morgan fingerprint density at radius 2 is 1.96 bits per heavy atom. The van der Waals surface area contributed by atoms with Gasteiger partial charge in [0.25, 0.3) is 0 Å². The number of sulfonamides is 1. The van der Waals surface area contributed by atoms with Gasteiger partial charge in [0, 0.05) is 18.3 Å². The summed E-state index contributed by atoms with van der Waals surface area (Å²) in [7, 11) is -3.29. The number of para-hydroxylation sites is 1. The third kappa shape index (κ3) is 6.51. The van der Waals surface area contributed by atoms with Crippen molar-refractivity contribution >= 4 is 15.7 Å². The zero-order valence-corrected chi connectivity index (χ0v) is 16.9. The van der Waals surface area contributed by atoms with E-state index in [9.17, 15) is 13.5 Å². The van der Waals surface area contributed by atoms with Crippen molar-refractivity contribution in [2.24, 2.45) is 0 Å². The molecule has 0 amide bonds. The molecule has 0 radical (unpaired) electrons. The van der Waals surface area contributed by atoms with Gasteiger partial charge in [-0.25, -0.2) is 8.42 Å². The van der Waals surface area contributed by atoms with Crippen LogP contribution in [0.1, 0.15) is 24.0 Å². The summed E-state index contributed by atoms with van der Waals surface area (Å²) in [5.41, 5.74) is 3.01. The Labute approximate surface area is 167 Å². The minimum Gasteiger partial charge on any atom is -0.491 e. The molecule has 28 heavy (non-hydrogen) atoms. The van der Waals surface area contributed by atoms with Gasteiger partial charge in [-0.1, -0.05) is 24.3 Å². The van der Waals surface area contributed by atoms with Crippen LogP contribution in [0.3, 0.4) is 0 Å². The lowest BCUT2D eigenvalue weighted by Crippen LogP contribution is -2.39. The first-order valence-electron chi connectivity index (χ1n) is 9.58. The number of anilines is 1. The van der Waals surface area contributed by atoms with Crippen molar-refractivity contribution in [1.82, 2.24) is 5.32 Å². The summed E-state index contributed by atoms with van der Waals surface area (Å²) in [6, 6.07) is 15.4. The van der Waals surface area contributed by atoms with Gasteiger partial charge in [0.2, 0.25) is 10.0 Å². The number of aryl methyl sites for hydroxylation is 1. The first kappa shape index (κ1) is 20.6. The number of rotatable bonds is 8. The van der Waals surface area contributed by atoms with Gasteiger partial charge in [-0.3, -0.25) is 4.72 Å². The minimum atomic E-state index is -3.29. The molecule has 0 heterocycles. The van der Waals surface area contributed by atoms with E-state index < -0.39 is 16.1 Å². The molecular formula is C21H28N2O4S. The molecule has 7 heteroatoms. The number of aliphatic hydroxyl groups is 1. The SMILES string of the molecule is CS(=O)(=O)Nc1ccc2c(c1)CC(NC[C@H](O)COc1ccccc1)CCC2. The second kappa shape index (κ2) is 9.41. The highest BCUT2D eigenvalue weighted by atomic mass is 32.2. The highest BCUT2D eigenvalue weighted by Crippen LogP contribution is 2.24. The summed E-state index contributed by atoms with van der Waals surface area (Å²) < 4.78 is 31.1. The van der Waals surface area contributed by atoms with Crippen LogP contribution >= 0.6 is 0 Å². The summed E-state index contributed by atoms with van der Waals surface area (Å²) in [5.74, 6) is 0.746. The van der Waals surface area contributed by atoms with Crippen molar-refractivity contribution in [2.75, 3.05) is 24.1 Å². The van der Waals surface area contributed by atoms with Crippen LogP contribution in [0.15, 0.2) is 48.5 Å². The van der Waals surface area contributed by atoms with Gasteiger partial charge in [0.1, 0.15) is 18.5 Å². The lowest BCUT2D eigenvalue weighted by atomic mass is 10.0. The minimum absolute atomic E-state index is 0.237. The number of fused-ring (bicyclic) bond motifs is 1. The van der Waals surface area contributed by atoms with Crippen molar-refractivity contribution in [3.63, 3.8) is 0 Å². The summed E-state index contributed by atoms with van der Waals surface area (Å²) in [4.78, 5) is 0. The van der Waals surface area contributed by atoms with Crippen LogP contribution in [0.25, 0.3) is 0 Å². The molecule has 0 saturated heterocycles. The Morgan fingerprint density at radius 3 is 2.71 bits per heavy atom. The normalized spacial score (nSPS) is 18.0. The van der Waals surface area contributed by atoms with Crippen LogP contribution in [0.4, 0.5) is 5.69 Å². The molecule has 1 aliphatic rings. The highest BCUT2D eigenvalue weighted by molar-refractivity contribution is 7.92. The first-order valence-corrected chi connectivity index (χ1v) is 11.5. The molecule has 0 aliphatic heterocycles. The molecule has 2 aromatic carbocycles. The van der Waals surface area contributed by atoms with E-state index in [4.69, 9.17) is 4.74 Å². The van der Waals surface area contributed by atoms with Gasteiger partial charge in [-0.2, -0.15) is 0 Å². The van der Waals surface area contributed by atoms with E-state index in [1.54, 1.807) is 0 Å². The van der Waals surface area contributed by atoms with Crippen molar-refractivity contribution in [3.8, 4) is 5.75 Å². The summed E-state index contributed by atoms with van der Waals surface area (Å²) in [6.07, 6.45) is 4.41. The van der Waals surface area contributed by atoms with Crippen LogP contribution in [-0.4, -0.2) is 45.1 Å². The molecule has 0 saturated carbocycles. The predicted molar refractivity (Wildman–Crippen MR) is 111 cm³/mol. The van der Waals surface area contributed by atoms with Crippen molar-refractivity contribution < 1.29 is 18.3 Å². The molecule has 0 spiro atoms. The number of nitrogens with one attached hydrogen (secondary N) is 2. The fourth-order valence-corrected chi connectivity index (χ4v) is 4.04. The van der Waals surface area contributed by atoms with Gasteiger partial charge in [-0.05, 0) is 61.1 Å². The largest absolute Gasteiger partial charge is 0.491 e. The van der Waals surface area contributed by atoms with E-state index >= 15 is 0 Å². The number of ether oxygens (including phenoxy) is 1. The Balaban J connectivity index is 1.53. The van der Waals surface area contributed by atoms with E-state index in [1.807, 2.05) is 48.5 Å². The third-order valence-electron chi connectivity index (χ3n) is 4.80. The number of aliphatic hydroxyl groups excluding tert-OH is 1. The van der Waals surface area contributed by atoms with E-state index in [-0.39, 0.29) is 12.6 Å². The maximum atomic E-state index is 11.5. The van der Waals surface area contributed by atoms with Gasteiger partial charge >= 0.3 is 0 Å². The van der Waals surface area contributed by atoms with Crippen LogP contribution in [0.5, 0.6) is 5.75 Å². The molecule has 1 unspecified atom stereocenters. The lowest BCUT2D eigenvalue weighted by molar-refractivity contribution is 0.103. The molecule has 0 bridgehead atoms. The van der Waals surface area contributed by atoms with Crippen LogP contribution in [0, 0.1) is 0 Å². The Morgan fingerprint density at radius 1 is 1.18 bits per heavy atom. The standard InChI is InChI=1S/C21H28N2O4S/c1-28(25,26)23-19-11-10-16-6-5-7-18(12-17(16)13-19)22-14-20(24)15-27-21-8-3-2-4-9-21/h2-4,8-11,13,18,20,22-24H,5-7,12,14-15H2,1H3/t18?,20-/m0/s1. The van der Waals surface area contributed by atoms with Crippen LogP contribution in [0.2, 0.25) is 0 Å². The molecule has 3 N–H and O–H groups in total. The van der Waals surface area contributed by atoms with Crippen molar-refractivity contribution in [2.45, 2.75) is 37.8 Å². The molecule has 2 atom stereocenters. The Bertz CT molecular complexity index is 871. The average molecular weight is 405 g/mol. The Hall–Kier alpha value is -2.09. The predicted octanol–water partition coefficient (Wildman–Crippen LogP) is 2.33. The monoisotopic (exact) mass is 404 g/mol. The molecule has 1 aliphatic carbocycles. The smallest absolute Gasteiger partial charge is 0.229 e. The van der Waals surface area contributed by atoms with Crippen LogP contribution < -0.4 is 14.8 Å². The molecular weight excluding hydrogens is 376 g/mol. The summed E-state index contributed by atoms with van der Waals surface area (Å²) >= 11 is 0. The molecule has 152 valence electrons. The fourth-order valence-electron chi connectivity index (χ4n) is 3.49. The van der Waals surface area contributed by atoms with E-state index in [2.05, 4.69) is 10.0 Å². The Kier molecular flexibility index (Phi) is 6.93. The molecule has 2 aromatic rings. The maximum absolute atomic E-state index is 11.5. The van der Waals surface area contributed by atoms with Gasteiger partial charge < -0.3 is 15.2 Å². The van der Waals surface area contributed by atoms with E-state index in [1.165, 1.54) is 5.56 Å². The van der Waals surface area contributed by atoms with Crippen LogP contribution in [-0.2, 0) is 22.9 Å². The van der Waals surface area contributed by atoms with Crippen molar-refractivity contribution in [3.05, 3.63) is 59.7 Å². The number of hydrogen-bond acceptors (Lipinski definition) is 5. The second-order valence-electron chi connectivity index (χ2n) is 7.34. The molecule has 0 aromatic heterocycles. The number of hydrogen-bond donors (Lipinski definition) is 3. The third-order valence-corrected chi connectivity index (χ3v) is 5.41. The van der Waals surface area contributed by atoms with Gasteiger partial charge in [-0.15, -0.1) is 0 Å². The lowest BCUT2D eigenvalue weighted by Gasteiger charge is -2.20. The first-order chi connectivity index (χ1) is 13.4. The molecule has 6 nitrogen and oxygen atoms in total. The highest BCUT2D eigenvalue weighted by Gasteiger charge is 2.18. The number of benzene rings is 2. The van der Waals surface area contributed by atoms with Gasteiger partial charge in [0.05, 0.1) is 6.26 Å². The van der Waals surface area contributed by atoms with Gasteiger partial charge in [0.15, 0.2) is 0 Å². The van der Waals surface area contributed by atoms with E-state index in [0.29, 0.717) is 12.2 Å². The zero-order valence-electron chi connectivity index (χ0n) is 16.1. The summed E-state index contributed by atoms with van der Waals surface area (Å²) in [6.45, 7) is 0.691. The average Bonchev–Trinajstić information content (AvgIpc) is 2.85. The van der Waals surface area contributed by atoms with E-state index in [0.717, 1.165) is 43.3 Å². The maximum Gasteiger partial charge on any atom is 0.229 e. The second-order valence-corrected chi connectivity index (χ2v) is 9.09. The summed E-state index contributed by atoms with van der Waals surface area (Å²) in [5, 5.41) is 13.7. The molecule has 3 rings (SSSR count). The fraction of sp³-hybridized carbons (Fsp3) is 0.429. The zero-order chi connectivity index (χ0) is 20.0.